The van der Waals surface area contributed by atoms with Gasteiger partial charge in [0, 0.05) is 23.6 Å². The van der Waals surface area contributed by atoms with Gasteiger partial charge >= 0.3 is 0 Å². The van der Waals surface area contributed by atoms with E-state index in [2.05, 4.69) is 0 Å². The van der Waals surface area contributed by atoms with Gasteiger partial charge in [-0.15, -0.1) is 0 Å². The molecule has 2 aromatic rings. The topological polar surface area (TPSA) is 59.1 Å². The number of nitrogens with zero attached hydrogens (tertiary/aromatic N) is 2. The fraction of sp³-hybridized carbons (Fsp3) is 0.364. The number of carbonyl (C=O) groups excluding carboxylic acids is 2. The van der Waals surface area contributed by atoms with Crippen LogP contribution >= 0.6 is 11.6 Å². The fourth-order valence-corrected chi connectivity index (χ4v) is 5.20. The SMILES string of the molecule is COc1cc(Cl)cc(C(=O)N2CC[C@@]34OC[C@@H](c5ccccc5)N3C(=O)C[C@@H]24)c1. The van der Waals surface area contributed by atoms with Crippen molar-refractivity contribution in [2.45, 2.75) is 30.7 Å². The van der Waals surface area contributed by atoms with Crippen LogP contribution in [0.5, 0.6) is 5.75 Å². The minimum atomic E-state index is -0.740. The van der Waals surface area contributed by atoms with Gasteiger partial charge in [-0.25, -0.2) is 0 Å². The molecule has 3 saturated heterocycles. The Labute approximate surface area is 173 Å². The molecule has 1 spiro atoms. The van der Waals surface area contributed by atoms with Crippen molar-refractivity contribution in [1.29, 1.82) is 0 Å². The molecule has 29 heavy (non-hydrogen) atoms. The molecule has 0 aliphatic carbocycles. The minimum Gasteiger partial charge on any atom is -0.497 e. The second kappa shape index (κ2) is 6.75. The predicted octanol–water partition coefficient (Wildman–Crippen LogP) is 3.26. The summed E-state index contributed by atoms with van der Waals surface area (Å²) in [6.07, 6.45) is 0.878. The average Bonchev–Trinajstić information content (AvgIpc) is 3.36. The van der Waals surface area contributed by atoms with Gasteiger partial charge < -0.3 is 19.3 Å². The number of carbonyl (C=O) groups is 2. The Bertz CT molecular complexity index is 982. The van der Waals surface area contributed by atoms with Crippen LogP contribution in [0.3, 0.4) is 0 Å². The largest absolute Gasteiger partial charge is 0.497 e. The molecule has 3 aliphatic heterocycles. The normalized spacial score (nSPS) is 27.9. The quantitative estimate of drug-likeness (QED) is 0.776. The Morgan fingerprint density at radius 1 is 1.24 bits per heavy atom. The van der Waals surface area contributed by atoms with E-state index < -0.39 is 5.72 Å². The van der Waals surface area contributed by atoms with Gasteiger partial charge in [-0.05, 0) is 23.8 Å². The Hall–Kier alpha value is -2.57. The lowest BCUT2D eigenvalue weighted by atomic mass is 10.0. The molecule has 0 N–H and O–H groups in total. The van der Waals surface area contributed by atoms with Gasteiger partial charge in [0.2, 0.25) is 5.91 Å². The lowest BCUT2D eigenvalue weighted by Gasteiger charge is -2.33. The first-order chi connectivity index (χ1) is 14.0. The van der Waals surface area contributed by atoms with Crippen molar-refractivity contribution in [1.82, 2.24) is 9.80 Å². The van der Waals surface area contributed by atoms with E-state index >= 15 is 0 Å². The maximum Gasteiger partial charge on any atom is 0.254 e. The van der Waals surface area contributed by atoms with Crippen LogP contribution in [0.1, 0.15) is 34.8 Å². The van der Waals surface area contributed by atoms with Crippen molar-refractivity contribution >= 4 is 23.4 Å². The van der Waals surface area contributed by atoms with Gasteiger partial charge in [0.25, 0.3) is 5.91 Å². The van der Waals surface area contributed by atoms with Gasteiger partial charge in [-0.3, -0.25) is 9.59 Å². The Morgan fingerprint density at radius 3 is 2.79 bits per heavy atom. The van der Waals surface area contributed by atoms with Crippen LogP contribution in [0.4, 0.5) is 0 Å². The van der Waals surface area contributed by atoms with E-state index in [1.54, 1.807) is 23.1 Å². The number of hydrogen-bond donors (Lipinski definition) is 0. The first-order valence-electron chi connectivity index (χ1n) is 9.70. The van der Waals surface area contributed by atoms with E-state index in [0.29, 0.717) is 35.9 Å². The molecule has 0 aromatic heterocycles. The van der Waals surface area contributed by atoms with E-state index in [9.17, 15) is 9.59 Å². The number of methoxy groups -OCH3 is 1. The first-order valence-corrected chi connectivity index (χ1v) is 10.1. The monoisotopic (exact) mass is 412 g/mol. The maximum absolute atomic E-state index is 13.3. The van der Waals surface area contributed by atoms with Crippen molar-refractivity contribution in [2.75, 3.05) is 20.3 Å². The molecule has 3 heterocycles. The van der Waals surface area contributed by atoms with Crippen LogP contribution in [0.2, 0.25) is 5.02 Å². The molecule has 150 valence electrons. The fourth-order valence-electron chi connectivity index (χ4n) is 4.98. The number of likely N-dealkylation sites (tertiary alicyclic amines) is 1. The molecular weight excluding hydrogens is 392 g/mol. The molecule has 3 atom stereocenters. The first kappa shape index (κ1) is 18.5. The molecule has 3 fully saturated rings. The van der Waals surface area contributed by atoms with Crippen LogP contribution in [-0.2, 0) is 9.53 Å². The summed E-state index contributed by atoms with van der Waals surface area (Å²) >= 11 is 6.15. The lowest BCUT2D eigenvalue weighted by molar-refractivity contribution is -0.138. The number of rotatable bonds is 3. The van der Waals surface area contributed by atoms with Crippen molar-refractivity contribution in [3.05, 3.63) is 64.7 Å². The van der Waals surface area contributed by atoms with Gasteiger partial charge in [-0.2, -0.15) is 0 Å². The molecule has 0 saturated carbocycles. The van der Waals surface area contributed by atoms with Crippen LogP contribution in [-0.4, -0.2) is 53.6 Å². The van der Waals surface area contributed by atoms with Crippen LogP contribution in [0, 0.1) is 0 Å². The summed E-state index contributed by atoms with van der Waals surface area (Å²) in [6.45, 7) is 0.975. The molecule has 0 bridgehead atoms. The van der Waals surface area contributed by atoms with Crippen molar-refractivity contribution < 1.29 is 19.1 Å². The van der Waals surface area contributed by atoms with E-state index in [-0.39, 0.29) is 30.3 Å². The molecule has 6 nitrogen and oxygen atoms in total. The summed E-state index contributed by atoms with van der Waals surface area (Å²) in [5.74, 6) is 0.400. The average molecular weight is 413 g/mol. The minimum absolute atomic E-state index is 0.0301. The van der Waals surface area contributed by atoms with E-state index in [1.165, 1.54) is 7.11 Å². The zero-order valence-corrected chi connectivity index (χ0v) is 16.8. The standard InChI is InChI=1S/C22H21ClN2O4/c1-28-17-10-15(9-16(23)11-17)21(27)24-8-7-22-19(24)12-20(26)25(22)18(13-29-22)14-5-3-2-4-6-14/h2-6,9-11,18-19H,7-8,12-13H2,1H3/t18-,19+,22-/m0/s1. The molecule has 5 rings (SSSR count). The molecule has 0 radical (unpaired) electrons. The highest BCUT2D eigenvalue weighted by molar-refractivity contribution is 6.31. The van der Waals surface area contributed by atoms with E-state index in [0.717, 1.165) is 5.56 Å². The Morgan fingerprint density at radius 2 is 2.03 bits per heavy atom. The summed E-state index contributed by atoms with van der Waals surface area (Å²) in [6, 6.07) is 14.5. The number of ether oxygens (including phenoxy) is 2. The van der Waals surface area contributed by atoms with Gasteiger partial charge in [-0.1, -0.05) is 41.9 Å². The molecular formula is C22H21ClN2O4. The zero-order valence-electron chi connectivity index (χ0n) is 16.0. The molecule has 2 amide bonds. The highest BCUT2D eigenvalue weighted by atomic mass is 35.5. The maximum atomic E-state index is 13.3. The third-order valence-electron chi connectivity index (χ3n) is 6.25. The van der Waals surface area contributed by atoms with Crippen LogP contribution in [0.25, 0.3) is 0 Å². The summed E-state index contributed by atoms with van der Waals surface area (Å²) in [7, 11) is 1.54. The summed E-state index contributed by atoms with van der Waals surface area (Å²) in [5.41, 5.74) is 0.772. The highest BCUT2D eigenvalue weighted by Gasteiger charge is 2.65. The molecule has 7 heteroatoms. The summed E-state index contributed by atoms with van der Waals surface area (Å²) < 4.78 is 11.5. The number of amides is 2. The third-order valence-corrected chi connectivity index (χ3v) is 6.47. The number of benzene rings is 2. The van der Waals surface area contributed by atoms with E-state index in [4.69, 9.17) is 21.1 Å². The number of hydrogen-bond acceptors (Lipinski definition) is 4. The molecule has 2 aromatic carbocycles. The van der Waals surface area contributed by atoms with Crippen molar-refractivity contribution in [3.8, 4) is 5.75 Å². The third kappa shape index (κ3) is 2.74. The highest BCUT2D eigenvalue weighted by Crippen LogP contribution is 2.51. The second-order valence-electron chi connectivity index (χ2n) is 7.69. The Kier molecular flexibility index (Phi) is 4.29. The summed E-state index contributed by atoms with van der Waals surface area (Å²) in [5, 5.41) is 0.437. The molecule has 3 aliphatic rings. The van der Waals surface area contributed by atoms with Crippen LogP contribution < -0.4 is 4.74 Å². The second-order valence-corrected chi connectivity index (χ2v) is 8.13. The lowest BCUT2D eigenvalue weighted by Crippen LogP contribution is -2.49. The number of halogens is 1. The summed E-state index contributed by atoms with van der Waals surface area (Å²) in [4.78, 5) is 29.9. The van der Waals surface area contributed by atoms with Gasteiger partial charge in [0.15, 0.2) is 5.72 Å². The van der Waals surface area contributed by atoms with Gasteiger partial charge in [0.1, 0.15) is 5.75 Å². The smallest absolute Gasteiger partial charge is 0.254 e. The zero-order chi connectivity index (χ0) is 20.2. The Balaban J connectivity index is 1.46. The predicted molar refractivity (Wildman–Crippen MR) is 107 cm³/mol. The van der Waals surface area contributed by atoms with Crippen molar-refractivity contribution in [2.24, 2.45) is 0 Å². The van der Waals surface area contributed by atoms with E-state index in [1.807, 2.05) is 35.2 Å². The van der Waals surface area contributed by atoms with Crippen LogP contribution in [0.15, 0.2) is 48.5 Å². The molecule has 0 unspecified atom stereocenters. The van der Waals surface area contributed by atoms with Gasteiger partial charge in [0.05, 0.1) is 32.2 Å². The van der Waals surface area contributed by atoms with Crippen molar-refractivity contribution in [3.63, 3.8) is 0 Å².